The number of nitrogens with zero attached hydrogens (tertiary/aromatic N) is 1. The van der Waals surface area contributed by atoms with E-state index in [9.17, 15) is 4.79 Å². The van der Waals surface area contributed by atoms with Crippen LogP contribution in [-0.4, -0.2) is 42.6 Å². The molecule has 0 saturated carbocycles. The third kappa shape index (κ3) is 2.69. The number of ether oxygens (including phenoxy) is 1. The molecule has 2 unspecified atom stereocenters. The van der Waals surface area contributed by atoms with Gasteiger partial charge in [-0.1, -0.05) is 13.8 Å². The SMILES string of the molecule is CCC1CN(C(=O)C(N)CC)CCO1. The molecule has 1 rings (SSSR count). The topological polar surface area (TPSA) is 55.6 Å². The summed E-state index contributed by atoms with van der Waals surface area (Å²) in [6.45, 7) is 6.02. The fourth-order valence-electron chi connectivity index (χ4n) is 1.58. The van der Waals surface area contributed by atoms with Gasteiger partial charge in [-0.15, -0.1) is 0 Å². The summed E-state index contributed by atoms with van der Waals surface area (Å²) in [7, 11) is 0. The van der Waals surface area contributed by atoms with Crippen molar-refractivity contribution in [2.45, 2.75) is 38.8 Å². The molecule has 1 aliphatic rings. The Bertz CT molecular complexity index is 197. The second kappa shape index (κ2) is 5.32. The van der Waals surface area contributed by atoms with Crippen molar-refractivity contribution in [3.05, 3.63) is 0 Å². The van der Waals surface area contributed by atoms with E-state index in [1.165, 1.54) is 0 Å². The quantitative estimate of drug-likeness (QED) is 0.715. The number of rotatable bonds is 3. The molecule has 1 aliphatic heterocycles. The Labute approximate surface area is 85.4 Å². The second-order valence-corrected chi connectivity index (χ2v) is 3.70. The zero-order valence-electron chi connectivity index (χ0n) is 9.03. The summed E-state index contributed by atoms with van der Waals surface area (Å²) in [5, 5.41) is 0. The van der Waals surface area contributed by atoms with E-state index < -0.39 is 0 Å². The summed E-state index contributed by atoms with van der Waals surface area (Å²) in [6, 6.07) is -0.342. The van der Waals surface area contributed by atoms with Gasteiger partial charge in [0.2, 0.25) is 5.91 Å². The smallest absolute Gasteiger partial charge is 0.239 e. The van der Waals surface area contributed by atoms with Gasteiger partial charge in [-0.3, -0.25) is 4.79 Å². The monoisotopic (exact) mass is 200 g/mol. The molecule has 0 aromatic carbocycles. The van der Waals surface area contributed by atoms with Gasteiger partial charge in [-0.2, -0.15) is 0 Å². The summed E-state index contributed by atoms with van der Waals surface area (Å²) in [4.78, 5) is 13.6. The molecule has 1 saturated heterocycles. The molecule has 14 heavy (non-hydrogen) atoms. The number of nitrogens with two attached hydrogens (primary N) is 1. The Hall–Kier alpha value is -0.610. The highest BCUT2D eigenvalue weighted by atomic mass is 16.5. The molecule has 82 valence electrons. The predicted octanol–water partition coefficient (Wildman–Crippen LogP) is 0.361. The van der Waals surface area contributed by atoms with Crippen LogP contribution in [0.1, 0.15) is 26.7 Å². The Morgan fingerprint density at radius 3 is 2.93 bits per heavy atom. The lowest BCUT2D eigenvalue weighted by Gasteiger charge is -2.33. The molecule has 0 spiro atoms. The molecule has 1 heterocycles. The van der Waals surface area contributed by atoms with Gasteiger partial charge in [0.15, 0.2) is 0 Å². The molecule has 0 radical (unpaired) electrons. The maximum atomic E-state index is 11.7. The lowest BCUT2D eigenvalue weighted by Crippen LogP contribution is -2.51. The molecule has 1 amide bonds. The Morgan fingerprint density at radius 2 is 2.36 bits per heavy atom. The van der Waals surface area contributed by atoms with Crippen molar-refractivity contribution >= 4 is 5.91 Å². The number of hydrogen-bond acceptors (Lipinski definition) is 3. The van der Waals surface area contributed by atoms with Crippen molar-refractivity contribution in [2.24, 2.45) is 5.73 Å². The molecule has 4 heteroatoms. The van der Waals surface area contributed by atoms with Crippen molar-refractivity contribution in [1.82, 2.24) is 4.90 Å². The fourth-order valence-corrected chi connectivity index (χ4v) is 1.58. The minimum atomic E-state index is -0.342. The lowest BCUT2D eigenvalue weighted by atomic mass is 10.1. The van der Waals surface area contributed by atoms with Crippen LogP contribution in [0.25, 0.3) is 0 Å². The number of hydrogen-bond donors (Lipinski definition) is 1. The van der Waals surface area contributed by atoms with Crippen LogP contribution in [0.4, 0.5) is 0 Å². The highest BCUT2D eigenvalue weighted by molar-refractivity contribution is 5.81. The lowest BCUT2D eigenvalue weighted by molar-refractivity contribution is -0.140. The summed E-state index contributed by atoms with van der Waals surface area (Å²) in [5.41, 5.74) is 5.70. The van der Waals surface area contributed by atoms with E-state index in [0.717, 1.165) is 6.42 Å². The first kappa shape index (κ1) is 11.5. The van der Waals surface area contributed by atoms with Crippen molar-refractivity contribution in [3.63, 3.8) is 0 Å². The summed E-state index contributed by atoms with van der Waals surface area (Å²) < 4.78 is 5.49. The van der Waals surface area contributed by atoms with Crippen molar-refractivity contribution < 1.29 is 9.53 Å². The van der Waals surface area contributed by atoms with E-state index in [1.807, 2.05) is 11.8 Å². The molecule has 2 N–H and O–H groups in total. The van der Waals surface area contributed by atoms with Gasteiger partial charge in [0, 0.05) is 13.1 Å². The number of carbonyl (C=O) groups is 1. The Morgan fingerprint density at radius 1 is 1.64 bits per heavy atom. The minimum absolute atomic E-state index is 0.0641. The third-order valence-electron chi connectivity index (χ3n) is 2.66. The average molecular weight is 200 g/mol. The van der Waals surface area contributed by atoms with Crippen LogP contribution in [-0.2, 0) is 9.53 Å². The molecule has 4 nitrogen and oxygen atoms in total. The highest BCUT2D eigenvalue weighted by Gasteiger charge is 2.25. The maximum absolute atomic E-state index is 11.7. The van der Waals surface area contributed by atoms with Gasteiger partial charge >= 0.3 is 0 Å². The normalized spacial score (nSPS) is 24.8. The van der Waals surface area contributed by atoms with Crippen molar-refractivity contribution in [2.75, 3.05) is 19.7 Å². The van der Waals surface area contributed by atoms with Gasteiger partial charge in [-0.25, -0.2) is 0 Å². The van der Waals surface area contributed by atoms with Crippen LogP contribution < -0.4 is 5.73 Å². The molecule has 0 aromatic rings. The van der Waals surface area contributed by atoms with E-state index in [4.69, 9.17) is 10.5 Å². The molecular formula is C10H20N2O2. The van der Waals surface area contributed by atoms with Crippen molar-refractivity contribution in [1.29, 1.82) is 0 Å². The van der Waals surface area contributed by atoms with Gasteiger partial charge < -0.3 is 15.4 Å². The summed E-state index contributed by atoms with van der Waals surface area (Å²) in [5.74, 6) is 0.0641. The zero-order valence-corrected chi connectivity index (χ0v) is 9.03. The zero-order chi connectivity index (χ0) is 10.6. The van der Waals surface area contributed by atoms with E-state index >= 15 is 0 Å². The number of amides is 1. The van der Waals surface area contributed by atoms with Crippen LogP contribution in [0, 0.1) is 0 Å². The first-order valence-electron chi connectivity index (χ1n) is 5.35. The first-order chi connectivity index (χ1) is 6.69. The number of morpholine rings is 1. The highest BCUT2D eigenvalue weighted by Crippen LogP contribution is 2.09. The van der Waals surface area contributed by atoms with Crippen LogP contribution in [0.3, 0.4) is 0 Å². The molecule has 1 fully saturated rings. The Balaban J connectivity index is 2.47. The van der Waals surface area contributed by atoms with E-state index in [0.29, 0.717) is 26.1 Å². The van der Waals surface area contributed by atoms with Crippen LogP contribution in [0.15, 0.2) is 0 Å². The first-order valence-corrected chi connectivity index (χ1v) is 5.35. The van der Waals surface area contributed by atoms with Gasteiger partial charge in [0.05, 0.1) is 18.8 Å². The molecule has 0 aliphatic carbocycles. The molecule has 0 aromatic heterocycles. The largest absolute Gasteiger partial charge is 0.375 e. The van der Waals surface area contributed by atoms with E-state index in [1.54, 1.807) is 0 Å². The number of carbonyl (C=O) groups excluding carboxylic acids is 1. The Kier molecular flexibility index (Phi) is 4.35. The average Bonchev–Trinajstić information content (AvgIpc) is 2.27. The van der Waals surface area contributed by atoms with E-state index in [2.05, 4.69) is 6.92 Å². The van der Waals surface area contributed by atoms with Crippen molar-refractivity contribution in [3.8, 4) is 0 Å². The van der Waals surface area contributed by atoms with Crippen LogP contribution >= 0.6 is 0 Å². The maximum Gasteiger partial charge on any atom is 0.239 e. The summed E-state index contributed by atoms with van der Waals surface area (Å²) >= 11 is 0. The van der Waals surface area contributed by atoms with Gasteiger partial charge in [0.25, 0.3) is 0 Å². The molecule has 2 atom stereocenters. The third-order valence-corrected chi connectivity index (χ3v) is 2.66. The van der Waals surface area contributed by atoms with Crippen LogP contribution in [0.5, 0.6) is 0 Å². The fraction of sp³-hybridized carbons (Fsp3) is 0.900. The minimum Gasteiger partial charge on any atom is -0.375 e. The molecular weight excluding hydrogens is 180 g/mol. The predicted molar refractivity (Wildman–Crippen MR) is 54.9 cm³/mol. The van der Waals surface area contributed by atoms with E-state index in [-0.39, 0.29) is 18.1 Å². The van der Waals surface area contributed by atoms with Crippen LogP contribution in [0.2, 0.25) is 0 Å². The van der Waals surface area contributed by atoms with Gasteiger partial charge in [-0.05, 0) is 12.8 Å². The van der Waals surface area contributed by atoms with Gasteiger partial charge in [0.1, 0.15) is 0 Å². The second-order valence-electron chi connectivity index (χ2n) is 3.70. The molecule has 0 bridgehead atoms. The standard InChI is InChI=1S/C10H20N2O2/c1-3-8-7-12(5-6-14-8)10(13)9(11)4-2/h8-9H,3-7,11H2,1-2H3. The summed E-state index contributed by atoms with van der Waals surface area (Å²) in [6.07, 6.45) is 1.84.